The Kier molecular flexibility index (Phi) is 4.14. The molecule has 2 heterocycles. The van der Waals surface area contributed by atoms with E-state index >= 15 is 0 Å². The van der Waals surface area contributed by atoms with E-state index in [0.717, 1.165) is 16.3 Å². The number of carbonyl (C=O) groups is 2. The van der Waals surface area contributed by atoms with Crippen molar-refractivity contribution in [3.8, 4) is 0 Å². The zero-order chi connectivity index (χ0) is 18.1. The second kappa shape index (κ2) is 6.61. The van der Waals surface area contributed by atoms with E-state index in [2.05, 4.69) is 9.97 Å². The van der Waals surface area contributed by atoms with Crippen molar-refractivity contribution in [1.82, 2.24) is 9.97 Å². The Hall–Kier alpha value is -3.18. The molecule has 0 radical (unpaired) electrons. The Bertz CT molecular complexity index is 1150. The molecule has 4 rings (SSSR count). The van der Waals surface area contributed by atoms with Crippen LogP contribution in [-0.2, 0) is 4.74 Å². The van der Waals surface area contributed by atoms with Crippen molar-refractivity contribution in [1.29, 1.82) is 0 Å². The third kappa shape index (κ3) is 3.05. The maximum atomic E-state index is 12.4. The highest BCUT2D eigenvalue weighted by molar-refractivity contribution is 6.29. The first-order chi connectivity index (χ1) is 12.6. The zero-order valence-corrected chi connectivity index (χ0v) is 14.3. The number of aromatic nitrogens is 2. The van der Waals surface area contributed by atoms with E-state index in [4.69, 9.17) is 16.3 Å². The monoisotopic (exact) mass is 364 g/mol. The molecule has 0 unspecified atom stereocenters. The lowest BCUT2D eigenvalue weighted by Crippen LogP contribution is -2.14. The van der Waals surface area contributed by atoms with Crippen LogP contribution in [0.3, 0.4) is 0 Å². The van der Waals surface area contributed by atoms with E-state index < -0.39 is 5.97 Å². The van der Waals surface area contributed by atoms with Crippen molar-refractivity contribution in [3.63, 3.8) is 0 Å². The molecule has 0 amide bonds. The largest absolute Gasteiger partial charge is 0.454 e. The van der Waals surface area contributed by atoms with Crippen LogP contribution in [0, 0.1) is 0 Å². The number of nitrogens with one attached hydrogen (secondary N) is 1. The van der Waals surface area contributed by atoms with Gasteiger partial charge in [-0.3, -0.25) is 4.79 Å². The summed E-state index contributed by atoms with van der Waals surface area (Å²) >= 11 is 5.85. The van der Waals surface area contributed by atoms with Crippen LogP contribution in [0.4, 0.5) is 0 Å². The number of carbonyl (C=O) groups excluding carboxylic acids is 2. The maximum absolute atomic E-state index is 12.4. The summed E-state index contributed by atoms with van der Waals surface area (Å²) in [7, 11) is 0. The molecule has 2 aromatic carbocycles. The summed E-state index contributed by atoms with van der Waals surface area (Å²) in [6.45, 7) is -0.322. The highest BCUT2D eigenvalue weighted by Crippen LogP contribution is 2.19. The normalized spacial score (nSPS) is 11.0. The summed E-state index contributed by atoms with van der Waals surface area (Å²) in [5.41, 5.74) is 2.41. The molecule has 0 aliphatic rings. The quantitative estimate of drug-likeness (QED) is 0.331. The predicted octanol–water partition coefficient (Wildman–Crippen LogP) is 4.41. The summed E-state index contributed by atoms with van der Waals surface area (Å²) in [5.74, 6) is -0.819. The van der Waals surface area contributed by atoms with Crippen LogP contribution in [0.25, 0.3) is 21.8 Å². The van der Waals surface area contributed by atoms with Crippen LogP contribution in [0.5, 0.6) is 0 Å². The van der Waals surface area contributed by atoms with Crippen molar-refractivity contribution < 1.29 is 14.3 Å². The number of pyridine rings is 1. The van der Waals surface area contributed by atoms with E-state index in [0.29, 0.717) is 21.8 Å². The molecule has 0 saturated carbocycles. The smallest absolute Gasteiger partial charge is 0.338 e. The van der Waals surface area contributed by atoms with E-state index in [1.165, 1.54) is 0 Å². The van der Waals surface area contributed by atoms with E-state index in [1.807, 2.05) is 24.3 Å². The van der Waals surface area contributed by atoms with Crippen LogP contribution >= 0.6 is 11.6 Å². The van der Waals surface area contributed by atoms with Gasteiger partial charge in [0.25, 0.3) is 0 Å². The second-order valence-corrected chi connectivity index (χ2v) is 6.18. The Morgan fingerprint density at radius 1 is 1.08 bits per heavy atom. The van der Waals surface area contributed by atoms with Gasteiger partial charge < -0.3 is 9.72 Å². The van der Waals surface area contributed by atoms with Crippen molar-refractivity contribution >= 4 is 45.2 Å². The Balaban J connectivity index is 1.50. The third-order valence-corrected chi connectivity index (χ3v) is 4.33. The standard InChI is InChI=1S/C20H13ClN2O3/c21-19-8-6-12-9-13(5-7-16(12)23-19)20(25)26-11-18(24)15-10-22-17-4-2-1-3-14(15)17/h1-10,22H,11H2. The average Bonchev–Trinajstić information content (AvgIpc) is 3.09. The summed E-state index contributed by atoms with van der Waals surface area (Å²) in [6, 6.07) is 15.9. The number of ketones is 1. The van der Waals surface area contributed by atoms with Crippen LogP contribution in [0.15, 0.2) is 60.8 Å². The van der Waals surface area contributed by atoms with Crippen molar-refractivity contribution in [2.24, 2.45) is 0 Å². The number of Topliss-reactive ketones (excluding diaryl/α,β-unsaturated/α-hetero) is 1. The zero-order valence-electron chi connectivity index (χ0n) is 13.5. The number of para-hydroxylation sites is 1. The minimum atomic E-state index is -0.560. The molecule has 0 saturated heterocycles. The molecule has 0 aliphatic heterocycles. The Morgan fingerprint density at radius 3 is 2.81 bits per heavy atom. The van der Waals surface area contributed by atoms with Crippen LogP contribution < -0.4 is 0 Å². The molecule has 5 nitrogen and oxygen atoms in total. The molecule has 0 fully saturated rings. The van der Waals surface area contributed by atoms with Crippen molar-refractivity contribution in [3.05, 3.63) is 77.1 Å². The fourth-order valence-electron chi connectivity index (χ4n) is 2.82. The summed E-state index contributed by atoms with van der Waals surface area (Å²) < 4.78 is 5.19. The fourth-order valence-corrected chi connectivity index (χ4v) is 2.98. The van der Waals surface area contributed by atoms with Gasteiger partial charge in [0.15, 0.2) is 6.61 Å². The van der Waals surface area contributed by atoms with Crippen LogP contribution in [-0.4, -0.2) is 28.3 Å². The number of nitrogens with zero attached hydrogens (tertiary/aromatic N) is 1. The van der Waals surface area contributed by atoms with Crippen molar-refractivity contribution in [2.75, 3.05) is 6.61 Å². The number of esters is 1. The van der Waals surface area contributed by atoms with Crippen LogP contribution in [0.1, 0.15) is 20.7 Å². The van der Waals surface area contributed by atoms with Gasteiger partial charge >= 0.3 is 5.97 Å². The minimum absolute atomic E-state index is 0.259. The highest BCUT2D eigenvalue weighted by atomic mass is 35.5. The van der Waals surface area contributed by atoms with Gasteiger partial charge in [-0.25, -0.2) is 9.78 Å². The summed E-state index contributed by atoms with van der Waals surface area (Å²) in [5, 5.41) is 1.96. The number of aromatic amines is 1. The van der Waals surface area contributed by atoms with Gasteiger partial charge in [0.2, 0.25) is 5.78 Å². The Morgan fingerprint density at radius 2 is 1.92 bits per heavy atom. The van der Waals surface area contributed by atoms with Crippen molar-refractivity contribution in [2.45, 2.75) is 0 Å². The molecule has 0 spiro atoms. The first-order valence-corrected chi connectivity index (χ1v) is 8.32. The van der Waals surface area contributed by atoms with Gasteiger partial charge in [0.05, 0.1) is 11.1 Å². The summed E-state index contributed by atoms with van der Waals surface area (Å²) in [6.07, 6.45) is 1.63. The number of benzene rings is 2. The molecule has 4 aromatic rings. The number of hydrogen-bond acceptors (Lipinski definition) is 4. The number of fused-ring (bicyclic) bond motifs is 2. The highest BCUT2D eigenvalue weighted by Gasteiger charge is 2.15. The number of hydrogen-bond donors (Lipinski definition) is 1. The molecule has 0 bridgehead atoms. The van der Waals surface area contributed by atoms with Gasteiger partial charge in [-0.1, -0.05) is 29.8 Å². The van der Waals surface area contributed by atoms with Gasteiger partial charge in [0, 0.05) is 28.0 Å². The van der Waals surface area contributed by atoms with E-state index in [-0.39, 0.29) is 12.4 Å². The molecule has 0 aliphatic carbocycles. The lowest BCUT2D eigenvalue weighted by atomic mass is 10.1. The Labute approximate surface area is 153 Å². The van der Waals surface area contributed by atoms with Gasteiger partial charge in [-0.2, -0.15) is 0 Å². The third-order valence-electron chi connectivity index (χ3n) is 4.11. The van der Waals surface area contributed by atoms with E-state index in [9.17, 15) is 9.59 Å². The molecule has 1 N–H and O–H groups in total. The summed E-state index contributed by atoms with van der Waals surface area (Å²) in [4.78, 5) is 31.9. The van der Waals surface area contributed by atoms with Gasteiger partial charge in [-0.15, -0.1) is 0 Å². The van der Waals surface area contributed by atoms with E-state index in [1.54, 1.807) is 36.5 Å². The van der Waals surface area contributed by atoms with Crippen LogP contribution in [0.2, 0.25) is 5.15 Å². The molecular formula is C20H13ClN2O3. The lowest BCUT2D eigenvalue weighted by molar-refractivity contribution is 0.0475. The molecule has 128 valence electrons. The molecular weight excluding hydrogens is 352 g/mol. The predicted molar refractivity (Wildman–Crippen MR) is 99.7 cm³/mol. The molecule has 2 aromatic heterocycles. The average molecular weight is 365 g/mol. The maximum Gasteiger partial charge on any atom is 0.338 e. The number of ether oxygens (including phenoxy) is 1. The molecule has 0 atom stereocenters. The number of rotatable bonds is 4. The number of H-pyrrole nitrogens is 1. The van der Waals surface area contributed by atoms with Gasteiger partial charge in [-0.05, 0) is 36.4 Å². The SMILES string of the molecule is O=C(OCC(=O)c1c[nH]c2ccccc12)c1ccc2nc(Cl)ccc2c1. The minimum Gasteiger partial charge on any atom is -0.454 e. The first kappa shape index (κ1) is 16.3. The first-order valence-electron chi connectivity index (χ1n) is 7.94. The molecule has 6 heteroatoms. The van der Waals surface area contributed by atoms with Gasteiger partial charge in [0.1, 0.15) is 5.15 Å². The number of halogens is 1. The topological polar surface area (TPSA) is 72.1 Å². The lowest BCUT2D eigenvalue weighted by Gasteiger charge is -2.05. The fraction of sp³-hybridized carbons (Fsp3) is 0.0500. The second-order valence-electron chi connectivity index (χ2n) is 5.79. The molecule has 26 heavy (non-hydrogen) atoms.